The predicted molar refractivity (Wildman–Crippen MR) is 134 cm³/mol. The summed E-state index contributed by atoms with van der Waals surface area (Å²) in [5.41, 5.74) is 5.36. The molecule has 3 aliphatic rings. The number of halogens is 1. The van der Waals surface area contributed by atoms with Gasteiger partial charge in [0.15, 0.2) is 18.2 Å². The van der Waals surface area contributed by atoms with E-state index in [4.69, 9.17) is 16.3 Å². The molecule has 0 radical (unpaired) electrons. The van der Waals surface area contributed by atoms with Crippen LogP contribution in [0.25, 0.3) is 0 Å². The van der Waals surface area contributed by atoms with E-state index < -0.39 is 5.92 Å². The van der Waals surface area contributed by atoms with E-state index in [1.54, 1.807) is 18.2 Å². The average Bonchev–Trinajstić information content (AvgIpc) is 2.84. The summed E-state index contributed by atoms with van der Waals surface area (Å²) in [6.07, 6.45) is 3.99. The van der Waals surface area contributed by atoms with Crippen molar-refractivity contribution in [3.63, 3.8) is 0 Å². The Hall–Kier alpha value is -3.38. The van der Waals surface area contributed by atoms with Crippen molar-refractivity contribution in [1.82, 2.24) is 5.32 Å². The number of benzene rings is 2. The van der Waals surface area contributed by atoms with Crippen LogP contribution >= 0.6 is 11.6 Å². The van der Waals surface area contributed by atoms with Crippen molar-refractivity contribution >= 4 is 34.8 Å². The lowest BCUT2D eigenvalue weighted by atomic mass is 9.71. The number of Topliss-reactive ketones (excluding diaryl/α,β-unsaturated/α-hetero) is 2. The number of aryl methyl sites for hydroxylation is 1. The molecule has 7 heteroatoms. The summed E-state index contributed by atoms with van der Waals surface area (Å²) in [4.78, 5) is 38.9. The second-order valence-corrected chi connectivity index (χ2v) is 9.67. The Bertz CT molecular complexity index is 1250. The van der Waals surface area contributed by atoms with E-state index in [1.165, 1.54) is 0 Å². The molecule has 0 saturated carbocycles. The van der Waals surface area contributed by atoms with E-state index in [1.807, 2.05) is 31.2 Å². The number of hydrogen-bond donors (Lipinski definition) is 2. The highest BCUT2D eigenvalue weighted by Crippen LogP contribution is 2.48. The predicted octanol–water partition coefficient (Wildman–Crippen LogP) is 5.37. The van der Waals surface area contributed by atoms with Crippen molar-refractivity contribution in [2.45, 2.75) is 51.4 Å². The SMILES string of the molecule is Cc1ccccc1NC(=O)COc1ccc(Cl)cc1C1C2=C(CCCC2=O)NC2=C1C(=O)CCC2. The Labute approximate surface area is 209 Å². The van der Waals surface area contributed by atoms with Crippen molar-refractivity contribution in [3.05, 3.63) is 81.2 Å². The molecule has 2 N–H and O–H groups in total. The number of dihydropyridines is 1. The molecule has 0 fully saturated rings. The number of amides is 1. The first-order valence-electron chi connectivity index (χ1n) is 12.0. The fourth-order valence-electron chi connectivity index (χ4n) is 5.21. The van der Waals surface area contributed by atoms with Gasteiger partial charge in [-0.2, -0.15) is 0 Å². The second kappa shape index (κ2) is 9.70. The highest BCUT2D eigenvalue weighted by atomic mass is 35.5. The number of ketones is 2. The van der Waals surface area contributed by atoms with Crippen molar-refractivity contribution in [2.75, 3.05) is 11.9 Å². The van der Waals surface area contributed by atoms with E-state index in [0.717, 1.165) is 48.3 Å². The van der Waals surface area contributed by atoms with Gasteiger partial charge in [-0.05, 0) is 62.4 Å². The van der Waals surface area contributed by atoms with Gasteiger partial charge < -0.3 is 15.4 Å². The molecule has 2 aromatic rings. The van der Waals surface area contributed by atoms with Gasteiger partial charge in [-0.15, -0.1) is 0 Å². The Morgan fingerprint density at radius 1 is 1.00 bits per heavy atom. The molecular formula is C28H27ClN2O4. The number of ether oxygens (including phenoxy) is 1. The average molecular weight is 491 g/mol. The van der Waals surface area contributed by atoms with E-state index in [-0.39, 0.29) is 24.1 Å². The minimum absolute atomic E-state index is 0.0388. The van der Waals surface area contributed by atoms with Gasteiger partial charge in [-0.1, -0.05) is 29.8 Å². The fourth-order valence-corrected chi connectivity index (χ4v) is 5.39. The highest BCUT2D eigenvalue weighted by Gasteiger charge is 2.41. The maximum absolute atomic E-state index is 13.1. The lowest BCUT2D eigenvalue weighted by Gasteiger charge is -2.37. The zero-order valence-corrected chi connectivity index (χ0v) is 20.3. The van der Waals surface area contributed by atoms with Crippen molar-refractivity contribution < 1.29 is 19.1 Å². The Morgan fingerprint density at radius 3 is 2.31 bits per heavy atom. The molecule has 1 amide bonds. The zero-order valence-electron chi connectivity index (χ0n) is 19.6. The molecule has 2 aromatic carbocycles. The number of anilines is 1. The Balaban J connectivity index is 1.49. The van der Waals surface area contributed by atoms with Crippen LogP contribution in [0.1, 0.15) is 55.6 Å². The third kappa shape index (κ3) is 4.63. The minimum Gasteiger partial charge on any atom is -0.483 e. The van der Waals surface area contributed by atoms with E-state index in [0.29, 0.717) is 40.3 Å². The van der Waals surface area contributed by atoms with Crippen LogP contribution in [0.5, 0.6) is 5.75 Å². The number of para-hydroxylation sites is 1. The summed E-state index contributed by atoms with van der Waals surface area (Å²) >= 11 is 6.39. The van der Waals surface area contributed by atoms with Gasteiger partial charge in [-0.3, -0.25) is 14.4 Å². The monoisotopic (exact) mass is 490 g/mol. The van der Waals surface area contributed by atoms with Crippen LogP contribution in [0, 0.1) is 6.92 Å². The van der Waals surface area contributed by atoms with Crippen LogP contribution < -0.4 is 15.4 Å². The minimum atomic E-state index is -0.546. The van der Waals surface area contributed by atoms with Gasteiger partial charge in [-0.25, -0.2) is 0 Å². The molecule has 0 unspecified atom stereocenters. The molecule has 0 atom stereocenters. The number of nitrogens with one attached hydrogen (secondary N) is 2. The van der Waals surface area contributed by atoms with Gasteiger partial charge in [0.25, 0.3) is 5.91 Å². The normalized spacial score (nSPS) is 18.1. The first kappa shape index (κ1) is 23.4. The number of carbonyl (C=O) groups is 3. The van der Waals surface area contributed by atoms with E-state index >= 15 is 0 Å². The topological polar surface area (TPSA) is 84.5 Å². The molecule has 0 saturated heterocycles. The van der Waals surface area contributed by atoms with Gasteiger partial charge in [0.2, 0.25) is 0 Å². The number of hydrogen-bond acceptors (Lipinski definition) is 5. The molecule has 5 rings (SSSR count). The Kier molecular flexibility index (Phi) is 6.48. The van der Waals surface area contributed by atoms with Crippen LogP contribution in [0.15, 0.2) is 65.0 Å². The number of carbonyl (C=O) groups excluding carboxylic acids is 3. The smallest absolute Gasteiger partial charge is 0.262 e. The summed E-state index contributed by atoms with van der Waals surface area (Å²) in [5.74, 6) is -0.326. The van der Waals surface area contributed by atoms with Crippen molar-refractivity contribution in [1.29, 1.82) is 0 Å². The number of rotatable bonds is 5. The van der Waals surface area contributed by atoms with Crippen LogP contribution in [-0.2, 0) is 14.4 Å². The summed E-state index contributed by atoms with van der Waals surface area (Å²) < 4.78 is 5.99. The molecule has 180 valence electrons. The molecule has 35 heavy (non-hydrogen) atoms. The summed E-state index contributed by atoms with van der Waals surface area (Å²) in [7, 11) is 0. The molecule has 0 aromatic heterocycles. The van der Waals surface area contributed by atoms with E-state index in [9.17, 15) is 14.4 Å². The van der Waals surface area contributed by atoms with Crippen LogP contribution in [0.4, 0.5) is 5.69 Å². The standard InChI is InChI=1S/C28H27ClN2O4/c1-16-6-2-3-7-19(16)31-25(34)15-35-24-13-12-17(29)14-18(24)26-27-20(8-4-10-22(27)32)30-21-9-5-11-23(33)28(21)26/h2-3,6-7,12-14,26,30H,4-5,8-11,15H2,1H3,(H,31,34). The second-order valence-electron chi connectivity index (χ2n) is 9.23. The maximum Gasteiger partial charge on any atom is 0.262 e. The lowest BCUT2D eigenvalue weighted by Crippen LogP contribution is -2.36. The first-order valence-corrected chi connectivity index (χ1v) is 12.4. The quantitative estimate of drug-likeness (QED) is 0.588. The molecule has 1 aliphatic heterocycles. The summed E-state index contributed by atoms with van der Waals surface area (Å²) in [6.45, 7) is 1.71. The zero-order chi connectivity index (χ0) is 24.5. The summed E-state index contributed by atoms with van der Waals surface area (Å²) in [5, 5.41) is 6.76. The fraction of sp³-hybridized carbons (Fsp3) is 0.321. The molecule has 0 spiro atoms. The van der Waals surface area contributed by atoms with Gasteiger partial charge in [0.1, 0.15) is 5.75 Å². The van der Waals surface area contributed by atoms with Gasteiger partial charge in [0.05, 0.1) is 0 Å². The summed E-state index contributed by atoms with van der Waals surface area (Å²) in [6, 6.07) is 12.7. The first-order chi connectivity index (χ1) is 16.9. The largest absolute Gasteiger partial charge is 0.483 e. The number of allylic oxidation sites excluding steroid dienone is 4. The third-order valence-corrected chi connectivity index (χ3v) is 7.09. The third-order valence-electron chi connectivity index (χ3n) is 6.85. The van der Waals surface area contributed by atoms with Crippen molar-refractivity contribution in [2.24, 2.45) is 0 Å². The van der Waals surface area contributed by atoms with Gasteiger partial charge >= 0.3 is 0 Å². The molecule has 6 nitrogen and oxygen atoms in total. The lowest BCUT2D eigenvalue weighted by molar-refractivity contribution is -0.119. The Morgan fingerprint density at radius 2 is 1.66 bits per heavy atom. The van der Waals surface area contributed by atoms with Crippen molar-refractivity contribution in [3.8, 4) is 5.75 Å². The molecule has 2 aliphatic carbocycles. The highest BCUT2D eigenvalue weighted by molar-refractivity contribution is 6.30. The van der Waals surface area contributed by atoms with Crippen LogP contribution in [0.2, 0.25) is 5.02 Å². The molecule has 0 bridgehead atoms. The van der Waals surface area contributed by atoms with Crippen LogP contribution in [0.3, 0.4) is 0 Å². The molecular weight excluding hydrogens is 464 g/mol. The maximum atomic E-state index is 13.1. The molecule has 1 heterocycles. The van der Waals surface area contributed by atoms with E-state index in [2.05, 4.69) is 10.6 Å². The van der Waals surface area contributed by atoms with Gasteiger partial charge in [0, 0.05) is 57.6 Å². The van der Waals surface area contributed by atoms with Crippen LogP contribution in [-0.4, -0.2) is 24.1 Å².